The van der Waals surface area contributed by atoms with Crippen LogP contribution < -0.4 is 9.64 Å². The van der Waals surface area contributed by atoms with Crippen molar-refractivity contribution in [3.05, 3.63) is 72.7 Å². The fourth-order valence-corrected chi connectivity index (χ4v) is 3.51. The van der Waals surface area contributed by atoms with Crippen molar-refractivity contribution >= 4 is 5.69 Å². The predicted molar refractivity (Wildman–Crippen MR) is 113 cm³/mol. The molecule has 0 aliphatic carbocycles. The summed E-state index contributed by atoms with van der Waals surface area (Å²) < 4.78 is 5.92. The van der Waals surface area contributed by atoms with E-state index in [1.165, 1.54) is 5.69 Å². The molecule has 0 spiro atoms. The molecule has 3 aromatic rings. The number of aromatic nitrogens is 2. The molecule has 1 aliphatic heterocycles. The number of anilines is 1. The van der Waals surface area contributed by atoms with Crippen LogP contribution in [0.5, 0.6) is 5.75 Å². The van der Waals surface area contributed by atoms with Gasteiger partial charge in [-0.2, -0.15) is 5.26 Å². The van der Waals surface area contributed by atoms with Gasteiger partial charge in [-0.15, -0.1) is 0 Å². The lowest BCUT2D eigenvalue weighted by molar-refractivity contribution is 0.200. The molecule has 0 N–H and O–H groups in total. The van der Waals surface area contributed by atoms with Gasteiger partial charge in [0.15, 0.2) is 0 Å². The molecule has 0 amide bonds. The second kappa shape index (κ2) is 9.18. The number of ether oxygens (including phenoxy) is 1. The normalized spacial score (nSPS) is 14.4. The minimum absolute atomic E-state index is 0.576. The van der Waals surface area contributed by atoms with E-state index in [9.17, 15) is 5.26 Å². The Labute approximate surface area is 171 Å². The van der Waals surface area contributed by atoms with Gasteiger partial charge in [-0.3, -0.25) is 14.9 Å². The van der Waals surface area contributed by atoms with Gasteiger partial charge in [0.05, 0.1) is 11.3 Å². The molecule has 0 unspecified atom stereocenters. The maximum absolute atomic E-state index is 9.23. The zero-order chi connectivity index (χ0) is 19.9. The third-order valence-corrected chi connectivity index (χ3v) is 5.13. The van der Waals surface area contributed by atoms with Crippen LogP contribution in [-0.2, 0) is 0 Å². The highest BCUT2D eigenvalue weighted by atomic mass is 16.5. The van der Waals surface area contributed by atoms with Crippen molar-refractivity contribution in [2.45, 2.75) is 0 Å². The molecule has 0 atom stereocenters. The quantitative estimate of drug-likeness (QED) is 0.649. The van der Waals surface area contributed by atoms with E-state index in [0.717, 1.165) is 44.0 Å². The van der Waals surface area contributed by atoms with Crippen LogP contribution in [0.2, 0.25) is 0 Å². The lowest BCUT2D eigenvalue weighted by atomic mass is 10.1. The number of benzene rings is 1. The van der Waals surface area contributed by atoms with E-state index in [4.69, 9.17) is 4.74 Å². The summed E-state index contributed by atoms with van der Waals surface area (Å²) in [5.74, 6) is 0.832. The third kappa shape index (κ3) is 4.71. The molecule has 3 heterocycles. The molecular weight excluding hydrogens is 362 g/mol. The molecule has 1 aromatic carbocycles. The number of nitrogens with zero attached hydrogens (tertiary/aromatic N) is 5. The number of hydrogen-bond acceptors (Lipinski definition) is 6. The van der Waals surface area contributed by atoms with Crippen LogP contribution in [0.3, 0.4) is 0 Å². The molecule has 29 heavy (non-hydrogen) atoms. The summed E-state index contributed by atoms with van der Waals surface area (Å²) in [5, 5.41) is 9.23. The van der Waals surface area contributed by atoms with Crippen LogP contribution in [0, 0.1) is 11.3 Å². The molecule has 6 heteroatoms. The molecule has 4 rings (SSSR count). The predicted octanol–water partition coefficient (Wildman–Crippen LogP) is 3.22. The maximum atomic E-state index is 9.23. The Balaban J connectivity index is 1.25. The Hall–Kier alpha value is -3.43. The van der Waals surface area contributed by atoms with E-state index < -0.39 is 0 Å². The fraction of sp³-hybridized carbons (Fsp3) is 0.261. The van der Waals surface area contributed by atoms with Crippen LogP contribution in [0.1, 0.15) is 5.56 Å². The monoisotopic (exact) mass is 385 g/mol. The Kier molecular flexibility index (Phi) is 5.98. The molecule has 0 radical (unpaired) electrons. The van der Waals surface area contributed by atoms with Crippen LogP contribution in [0.4, 0.5) is 5.69 Å². The first kappa shape index (κ1) is 18.9. The first-order valence-electron chi connectivity index (χ1n) is 9.79. The summed E-state index contributed by atoms with van der Waals surface area (Å²) in [4.78, 5) is 13.2. The zero-order valence-electron chi connectivity index (χ0n) is 16.2. The van der Waals surface area contributed by atoms with Crippen LogP contribution in [0.15, 0.2) is 67.1 Å². The number of piperazine rings is 1. The van der Waals surface area contributed by atoms with Gasteiger partial charge in [-0.25, -0.2) is 0 Å². The minimum Gasteiger partial charge on any atom is -0.492 e. The van der Waals surface area contributed by atoms with Gasteiger partial charge in [-0.05, 0) is 48.5 Å². The summed E-state index contributed by atoms with van der Waals surface area (Å²) in [7, 11) is 0. The Bertz CT molecular complexity index is 961. The van der Waals surface area contributed by atoms with Gasteiger partial charge in [-0.1, -0.05) is 0 Å². The number of hydrogen-bond donors (Lipinski definition) is 0. The molecular formula is C23H23N5O. The van der Waals surface area contributed by atoms with Gasteiger partial charge in [0, 0.05) is 62.6 Å². The third-order valence-electron chi connectivity index (χ3n) is 5.13. The van der Waals surface area contributed by atoms with E-state index in [0.29, 0.717) is 17.9 Å². The van der Waals surface area contributed by atoms with Gasteiger partial charge >= 0.3 is 0 Å². The smallest absolute Gasteiger partial charge is 0.119 e. The van der Waals surface area contributed by atoms with Crippen molar-refractivity contribution in [3.63, 3.8) is 0 Å². The summed E-state index contributed by atoms with van der Waals surface area (Å²) in [6.45, 7) is 5.66. The van der Waals surface area contributed by atoms with Crippen molar-refractivity contribution in [1.29, 1.82) is 5.26 Å². The van der Waals surface area contributed by atoms with Crippen LogP contribution in [0.25, 0.3) is 11.3 Å². The number of rotatable bonds is 6. The molecule has 1 aliphatic rings. The Morgan fingerprint density at radius 2 is 1.69 bits per heavy atom. The highest BCUT2D eigenvalue weighted by Crippen LogP contribution is 2.23. The highest BCUT2D eigenvalue weighted by Gasteiger charge is 2.16. The minimum atomic E-state index is 0.576. The first-order chi connectivity index (χ1) is 14.3. The summed E-state index contributed by atoms with van der Waals surface area (Å²) in [6.07, 6.45) is 5.39. The standard InChI is InChI=1S/C23H23N5O/c24-18-20-2-1-9-26-23(20)19-3-5-22(6-4-19)29-17-16-27-12-14-28(15-13-27)21-7-10-25-11-8-21/h1-11H,12-17H2. The SMILES string of the molecule is N#Cc1cccnc1-c1ccc(OCCN2CCN(c3ccncc3)CC2)cc1. The van der Waals surface area contributed by atoms with E-state index >= 15 is 0 Å². The summed E-state index contributed by atoms with van der Waals surface area (Å²) in [5.41, 5.74) is 3.44. The average Bonchev–Trinajstić information content (AvgIpc) is 2.80. The van der Waals surface area contributed by atoms with Crippen LogP contribution in [-0.4, -0.2) is 54.2 Å². The largest absolute Gasteiger partial charge is 0.492 e. The molecule has 0 saturated carbocycles. The van der Waals surface area contributed by atoms with E-state index in [1.54, 1.807) is 18.3 Å². The lowest BCUT2D eigenvalue weighted by Crippen LogP contribution is -2.47. The Morgan fingerprint density at radius 1 is 0.931 bits per heavy atom. The van der Waals surface area contributed by atoms with Crippen molar-refractivity contribution in [2.24, 2.45) is 0 Å². The fourth-order valence-electron chi connectivity index (χ4n) is 3.51. The first-order valence-corrected chi connectivity index (χ1v) is 9.79. The molecule has 146 valence electrons. The van der Waals surface area contributed by atoms with Crippen molar-refractivity contribution in [2.75, 3.05) is 44.2 Å². The molecule has 0 bridgehead atoms. The van der Waals surface area contributed by atoms with Gasteiger partial charge in [0.2, 0.25) is 0 Å². The zero-order valence-corrected chi connectivity index (χ0v) is 16.2. The highest BCUT2D eigenvalue weighted by molar-refractivity contribution is 5.66. The molecule has 2 aromatic heterocycles. The molecule has 6 nitrogen and oxygen atoms in total. The van der Waals surface area contributed by atoms with E-state index in [2.05, 4.69) is 38.0 Å². The average molecular weight is 385 g/mol. The van der Waals surface area contributed by atoms with E-state index in [1.807, 2.05) is 36.7 Å². The summed E-state index contributed by atoms with van der Waals surface area (Å²) in [6, 6.07) is 17.6. The number of pyridine rings is 2. The number of nitriles is 1. The second-order valence-electron chi connectivity index (χ2n) is 6.92. The van der Waals surface area contributed by atoms with Gasteiger partial charge in [0.1, 0.15) is 18.4 Å². The van der Waals surface area contributed by atoms with E-state index in [-0.39, 0.29) is 0 Å². The summed E-state index contributed by atoms with van der Waals surface area (Å²) >= 11 is 0. The lowest BCUT2D eigenvalue weighted by Gasteiger charge is -2.35. The van der Waals surface area contributed by atoms with Crippen LogP contribution >= 0.6 is 0 Å². The maximum Gasteiger partial charge on any atom is 0.119 e. The van der Waals surface area contributed by atoms with Crippen molar-refractivity contribution < 1.29 is 4.74 Å². The van der Waals surface area contributed by atoms with Gasteiger partial charge < -0.3 is 9.64 Å². The topological polar surface area (TPSA) is 65.3 Å². The Morgan fingerprint density at radius 3 is 2.41 bits per heavy atom. The molecule has 1 fully saturated rings. The van der Waals surface area contributed by atoms with Gasteiger partial charge in [0.25, 0.3) is 0 Å². The second-order valence-corrected chi connectivity index (χ2v) is 6.92. The van der Waals surface area contributed by atoms with Crippen molar-refractivity contribution in [3.8, 4) is 23.1 Å². The molecule has 1 saturated heterocycles. The van der Waals surface area contributed by atoms with Crippen molar-refractivity contribution in [1.82, 2.24) is 14.9 Å².